The van der Waals surface area contributed by atoms with Gasteiger partial charge in [0.05, 0.1) is 36.8 Å². The van der Waals surface area contributed by atoms with Gasteiger partial charge >= 0.3 is 0 Å². The van der Waals surface area contributed by atoms with E-state index in [-0.39, 0.29) is 57.8 Å². The molecular weight excluding hydrogens is 605 g/mol. The summed E-state index contributed by atoms with van der Waals surface area (Å²) >= 11 is 0. The predicted octanol–water partition coefficient (Wildman–Crippen LogP) is 6.40. The Morgan fingerprint density at radius 2 is 2.00 bits per heavy atom. The summed E-state index contributed by atoms with van der Waals surface area (Å²) in [7, 11) is 5.28. The number of dihydropyridines is 1. The molecule has 0 spiro atoms. The number of allylic oxidation sites excluding steroid dienone is 4. The Balaban J connectivity index is 1.56. The first kappa shape index (κ1) is 31.8. The summed E-state index contributed by atoms with van der Waals surface area (Å²) in [5.74, 6) is 0.0806. The number of aromatic hydroxyl groups is 1. The molecule has 1 saturated carbocycles. The number of carbonyl (C=O) groups is 2. The van der Waals surface area contributed by atoms with E-state index < -0.39 is 0 Å². The second-order valence-electron chi connectivity index (χ2n) is 12.5. The molecule has 2 aliphatic heterocycles. The molecule has 5 atom stereocenters. The van der Waals surface area contributed by atoms with Crippen molar-refractivity contribution in [2.45, 2.75) is 86.4 Å². The third-order valence-corrected chi connectivity index (χ3v) is 13.2. The van der Waals surface area contributed by atoms with Gasteiger partial charge in [-0.2, -0.15) is 0 Å². The lowest BCUT2D eigenvalue weighted by atomic mass is 9.81. The second kappa shape index (κ2) is 13.6. The zero-order valence-electron chi connectivity index (χ0n) is 25.9. The largest absolute Gasteiger partial charge is 0.504 e. The number of nitrogens with two attached hydrogens (primary N) is 1. The Labute approximate surface area is 273 Å². The van der Waals surface area contributed by atoms with E-state index in [0.29, 0.717) is 12.2 Å². The first-order valence-corrected chi connectivity index (χ1v) is 18.2. The van der Waals surface area contributed by atoms with Crippen molar-refractivity contribution in [3.63, 3.8) is 0 Å². The third-order valence-electron chi connectivity index (χ3n) is 9.84. The number of methoxy groups -OCH3 is 1. The van der Waals surface area contributed by atoms with E-state index in [2.05, 4.69) is 46.2 Å². The fourth-order valence-corrected chi connectivity index (χ4v) is 11.3. The van der Waals surface area contributed by atoms with Crippen LogP contribution in [-0.2, 0) is 15.1 Å². The van der Waals surface area contributed by atoms with E-state index in [9.17, 15) is 14.7 Å². The number of phenols is 1. The molecule has 0 radical (unpaired) electrons. The fourth-order valence-electron chi connectivity index (χ4n) is 7.30. The van der Waals surface area contributed by atoms with Crippen LogP contribution in [0.3, 0.4) is 0 Å². The van der Waals surface area contributed by atoms with Crippen LogP contribution >= 0.6 is 21.6 Å². The van der Waals surface area contributed by atoms with Crippen molar-refractivity contribution in [3.8, 4) is 11.5 Å². The number of hydrogen-bond acceptors (Lipinski definition) is 9. The van der Waals surface area contributed by atoms with Crippen molar-refractivity contribution in [1.29, 1.82) is 0 Å². The van der Waals surface area contributed by atoms with Gasteiger partial charge in [-0.25, -0.2) is 4.98 Å². The summed E-state index contributed by atoms with van der Waals surface area (Å²) in [6.45, 7) is 2.18. The molecule has 0 saturated heterocycles. The molecule has 2 aliphatic carbocycles. The van der Waals surface area contributed by atoms with Crippen molar-refractivity contribution in [2.24, 2.45) is 11.7 Å². The Morgan fingerprint density at radius 1 is 1.18 bits per heavy atom. The van der Waals surface area contributed by atoms with Crippen LogP contribution in [0.5, 0.6) is 11.5 Å². The molecule has 4 N–H and O–H groups in total. The number of benzene rings is 1. The highest BCUT2D eigenvalue weighted by Crippen LogP contribution is 2.54. The fraction of sp³-hybridized carbons (Fsp3) is 0.457. The Hall–Kier alpha value is -3.21. The third kappa shape index (κ3) is 6.42. The first-order valence-electron chi connectivity index (χ1n) is 15.9. The van der Waals surface area contributed by atoms with Crippen molar-refractivity contribution >= 4 is 39.2 Å². The predicted molar refractivity (Wildman–Crippen MR) is 182 cm³/mol. The summed E-state index contributed by atoms with van der Waals surface area (Å²) < 4.78 is 7.76. The highest BCUT2D eigenvalue weighted by molar-refractivity contribution is 8.77. The summed E-state index contributed by atoms with van der Waals surface area (Å²) in [5, 5.41) is 14.6. The molecule has 8 nitrogen and oxygen atoms in total. The normalized spacial score (nSPS) is 28.5. The molecule has 0 amide bonds. The monoisotopic (exact) mass is 646 g/mol. The number of aromatic nitrogens is 2. The first-order chi connectivity index (χ1) is 21.8. The van der Waals surface area contributed by atoms with Gasteiger partial charge < -0.3 is 25.5 Å². The summed E-state index contributed by atoms with van der Waals surface area (Å²) in [5.41, 5.74) is 10.5. The number of nitrogens with one attached hydrogen (secondary N) is 1. The van der Waals surface area contributed by atoms with E-state index in [1.165, 1.54) is 13.2 Å². The number of Topliss-reactive ketones (excluding diaryl/α,β-unsaturated/α-hetero) is 1. The maximum atomic E-state index is 12.9. The number of carbonyl (C=O) groups excluding carboxylic acids is 2. The van der Waals surface area contributed by atoms with E-state index in [1.54, 1.807) is 18.2 Å². The van der Waals surface area contributed by atoms with Crippen molar-refractivity contribution in [1.82, 2.24) is 14.9 Å². The van der Waals surface area contributed by atoms with Crippen LogP contribution in [-0.4, -0.2) is 50.0 Å². The number of phenolic OH excluding ortho intramolecular Hbond substituents is 1. The van der Waals surface area contributed by atoms with Gasteiger partial charge in [0.2, 0.25) is 0 Å². The molecule has 1 aromatic heterocycles. The number of ether oxygens (including phenoxy) is 1. The van der Waals surface area contributed by atoms with E-state index in [0.717, 1.165) is 60.8 Å². The maximum Gasteiger partial charge on any atom is 0.163 e. The molecule has 4 aliphatic rings. The van der Waals surface area contributed by atoms with Crippen LogP contribution in [0.4, 0.5) is 0 Å². The van der Waals surface area contributed by atoms with Gasteiger partial charge in [0.15, 0.2) is 17.3 Å². The van der Waals surface area contributed by atoms with E-state index >= 15 is 0 Å². The molecule has 1 aromatic carbocycles. The zero-order chi connectivity index (χ0) is 31.6. The minimum atomic E-state index is -0.359. The summed E-state index contributed by atoms with van der Waals surface area (Å²) in [6, 6.07) is 3.49. The van der Waals surface area contributed by atoms with Gasteiger partial charge in [0.25, 0.3) is 0 Å². The van der Waals surface area contributed by atoms with Gasteiger partial charge in [-0.3, -0.25) is 9.59 Å². The molecule has 3 heterocycles. The molecule has 238 valence electrons. The van der Waals surface area contributed by atoms with Gasteiger partial charge in [-0.15, -0.1) is 0 Å². The highest BCUT2D eigenvalue weighted by Gasteiger charge is 2.47. The van der Waals surface area contributed by atoms with Gasteiger partial charge in [-0.1, -0.05) is 72.1 Å². The van der Waals surface area contributed by atoms with Gasteiger partial charge in [0, 0.05) is 36.2 Å². The number of imidazole rings is 1. The molecule has 45 heavy (non-hydrogen) atoms. The maximum absolute atomic E-state index is 12.9. The van der Waals surface area contributed by atoms with Crippen LogP contribution in [0.15, 0.2) is 72.5 Å². The summed E-state index contributed by atoms with van der Waals surface area (Å²) in [6.07, 6.45) is 23.8. The molecule has 1 fully saturated rings. The van der Waals surface area contributed by atoms with Gasteiger partial charge in [0.1, 0.15) is 5.78 Å². The standard InChI is InChI=1S/C35H42N4O4S2/c1-3-22-6-8-25(40)18-26(41)9-7-23-17-31(43-2)30(42)19-28(23)27-10-11-32(22)44-45-33(29-16-24(27)20-38-34(29)36)35(12-4-5-13-35)39-15-14-37-21-39/h7,9-11,14-17,19-22,27,32-34,38,42H,3-6,8,12-13,18,36H2,1-2H3. The van der Waals surface area contributed by atoms with Crippen LogP contribution < -0.4 is 15.8 Å². The Morgan fingerprint density at radius 3 is 2.73 bits per heavy atom. The molecule has 5 unspecified atom stereocenters. The lowest BCUT2D eigenvalue weighted by Gasteiger charge is -2.43. The average molecular weight is 647 g/mol. The van der Waals surface area contributed by atoms with E-state index in [1.807, 2.05) is 40.3 Å². The molecule has 4 bridgehead atoms. The van der Waals surface area contributed by atoms with Crippen LogP contribution in [0.2, 0.25) is 0 Å². The topological polar surface area (TPSA) is 119 Å². The number of ketones is 2. The van der Waals surface area contributed by atoms with Gasteiger partial charge in [-0.05, 0) is 65.7 Å². The molecule has 10 heteroatoms. The quantitative estimate of drug-likeness (QED) is 0.197. The number of hydrogen-bond donors (Lipinski definition) is 3. The average Bonchev–Trinajstić information content (AvgIpc) is 3.75. The lowest BCUT2D eigenvalue weighted by Crippen LogP contribution is -2.49. The SMILES string of the molecule is CCC1CCC(=O)CC(=O)C=Cc2cc(OC)c(O)cc2C2C=CC1SSC(C1(n3ccnc3)CCCC1)C1=CC2=CNC1N. The van der Waals surface area contributed by atoms with Crippen molar-refractivity contribution in [3.05, 3.63) is 83.6 Å². The van der Waals surface area contributed by atoms with Crippen LogP contribution in [0.25, 0.3) is 6.08 Å². The van der Waals surface area contributed by atoms with Crippen molar-refractivity contribution < 1.29 is 19.4 Å². The number of fused-ring (bicyclic) bond motifs is 6. The van der Waals surface area contributed by atoms with Crippen LogP contribution in [0, 0.1) is 5.92 Å². The number of rotatable bonds is 4. The summed E-state index contributed by atoms with van der Waals surface area (Å²) in [4.78, 5) is 30.2. The highest BCUT2D eigenvalue weighted by atomic mass is 33.1. The van der Waals surface area contributed by atoms with Crippen LogP contribution in [0.1, 0.15) is 75.3 Å². The molecular formula is C35H42N4O4S2. The van der Waals surface area contributed by atoms with E-state index in [4.69, 9.17) is 10.5 Å². The Bertz CT molecular complexity index is 1540. The molecule has 6 rings (SSSR count). The minimum Gasteiger partial charge on any atom is -0.504 e. The lowest BCUT2D eigenvalue weighted by molar-refractivity contribution is -0.124. The minimum absolute atomic E-state index is 0.0267. The second-order valence-corrected chi connectivity index (χ2v) is 15.0. The molecule has 2 aromatic rings. The zero-order valence-corrected chi connectivity index (χ0v) is 27.5. The van der Waals surface area contributed by atoms with Crippen molar-refractivity contribution in [2.75, 3.05) is 7.11 Å². The Kier molecular flexibility index (Phi) is 9.63. The smallest absolute Gasteiger partial charge is 0.163 e. The number of nitrogens with zero attached hydrogens (tertiary/aromatic N) is 2.